The first-order valence-electron chi connectivity index (χ1n) is 9.87. The standard InChI is InChI=1S/C25H20ClNO3S/c1-2-30-19-14-12-18(13-15-19)22-23(31-16-17-8-4-3-5-9-17)25(29)27(24(22)28)21-11-7-6-10-20(21)26/h3-15H,2,16H2,1H3. The van der Waals surface area contributed by atoms with E-state index in [4.69, 9.17) is 16.3 Å². The fourth-order valence-corrected chi connectivity index (χ4v) is 4.65. The number of amides is 2. The van der Waals surface area contributed by atoms with Gasteiger partial charge in [-0.3, -0.25) is 9.59 Å². The average molecular weight is 450 g/mol. The first-order valence-corrected chi connectivity index (χ1v) is 11.2. The summed E-state index contributed by atoms with van der Waals surface area (Å²) in [6.45, 7) is 2.47. The number of hydrogen-bond donors (Lipinski definition) is 0. The van der Waals surface area contributed by atoms with Gasteiger partial charge < -0.3 is 4.74 Å². The topological polar surface area (TPSA) is 46.6 Å². The molecule has 0 unspecified atom stereocenters. The molecule has 2 amide bonds. The first kappa shape index (κ1) is 21.2. The molecular weight excluding hydrogens is 430 g/mol. The lowest BCUT2D eigenvalue weighted by molar-refractivity contribution is -0.119. The van der Waals surface area contributed by atoms with Crippen molar-refractivity contribution in [3.63, 3.8) is 0 Å². The van der Waals surface area contributed by atoms with Gasteiger partial charge in [0.15, 0.2) is 0 Å². The molecule has 156 valence electrons. The van der Waals surface area contributed by atoms with Crippen LogP contribution < -0.4 is 9.64 Å². The molecule has 1 aliphatic rings. The zero-order chi connectivity index (χ0) is 21.8. The van der Waals surface area contributed by atoms with Crippen molar-refractivity contribution in [2.24, 2.45) is 0 Å². The molecule has 0 saturated heterocycles. The van der Waals surface area contributed by atoms with E-state index in [0.29, 0.717) is 44.9 Å². The predicted octanol–water partition coefficient (Wildman–Crippen LogP) is 5.96. The summed E-state index contributed by atoms with van der Waals surface area (Å²) in [4.78, 5) is 28.4. The highest BCUT2D eigenvalue weighted by Gasteiger charge is 2.40. The molecule has 0 aromatic heterocycles. The third kappa shape index (κ3) is 4.38. The van der Waals surface area contributed by atoms with Crippen LogP contribution in [-0.4, -0.2) is 18.4 Å². The molecule has 0 saturated carbocycles. The Hall–Kier alpha value is -3.02. The molecular formula is C25H20ClNO3S. The summed E-state index contributed by atoms with van der Waals surface area (Å²) in [7, 11) is 0. The van der Waals surface area contributed by atoms with E-state index in [-0.39, 0.29) is 11.8 Å². The van der Waals surface area contributed by atoms with E-state index >= 15 is 0 Å². The van der Waals surface area contributed by atoms with Crippen molar-refractivity contribution in [3.05, 3.63) is 99.9 Å². The molecule has 31 heavy (non-hydrogen) atoms. The predicted molar refractivity (Wildman–Crippen MR) is 126 cm³/mol. The fraction of sp³-hybridized carbons (Fsp3) is 0.120. The molecule has 3 aromatic carbocycles. The summed E-state index contributed by atoms with van der Waals surface area (Å²) in [5, 5.41) is 0.351. The Morgan fingerprint density at radius 1 is 0.871 bits per heavy atom. The van der Waals surface area contributed by atoms with Crippen LogP contribution in [0.3, 0.4) is 0 Å². The number of anilines is 1. The van der Waals surface area contributed by atoms with Crippen LogP contribution in [0.1, 0.15) is 18.1 Å². The van der Waals surface area contributed by atoms with Gasteiger partial charge in [-0.2, -0.15) is 0 Å². The van der Waals surface area contributed by atoms with Crippen molar-refractivity contribution in [3.8, 4) is 5.75 Å². The summed E-state index contributed by atoms with van der Waals surface area (Å²) < 4.78 is 5.51. The Balaban J connectivity index is 1.74. The van der Waals surface area contributed by atoms with Crippen molar-refractivity contribution in [2.75, 3.05) is 11.5 Å². The lowest BCUT2D eigenvalue weighted by Crippen LogP contribution is -2.31. The number of thioether (sulfide) groups is 1. The Morgan fingerprint density at radius 2 is 1.55 bits per heavy atom. The SMILES string of the molecule is CCOc1ccc(C2=C(SCc3ccccc3)C(=O)N(c3ccccc3Cl)C2=O)cc1. The lowest BCUT2D eigenvalue weighted by atomic mass is 10.1. The van der Waals surface area contributed by atoms with Crippen LogP contribution >= 0.6 is 23.4 Å². The average Bonchev–Trinajstić information content (AvgIpc) is 3.03. The molecule has 4 nitrogen and oxygen atoms in total. The van der Waals surface area contributed by atoms with Gasteiger partial charge in [0, 0.05) is 5.75 Å². The number of carbonyl (C=O) groups is 2. The van der Waals surface area contributed by atoms with E-state index in [1.54, 1.807) is 36.4 Å². The van der Waals surface area contributed by atoms with Crippen LogP contribution in [0.4, 0.5) is 5.69 Å². The number of para-hydroxylation sites is 1. The number of benzene rings is 3. The molecule has 6 heteroatoms. The Labute approximate surface area is 190 Å². The second-order valence-electron chi connectivity index (χ2n) is 6.83. The quantitative estimate of drug-likeness (QED) is 0.418. The van der Waals surface area contributed by atoms with Gasteiger partial charge in [0.1, 0.15) is 5.75 Å². The third-order valence-electron chi connectivity index (χ3n) is 4.81. The first-order chi connectivity index (χ1) is 15.1. The monoisotopic (exact) mass is 449 g/mol. The number of carbonyl (C=O) groups excluding carboxylic acids is 2. The molecule has 1 aliphatic heterocycles. The molecule has 0 radical (unpaired) electrons. The Bertz CT molecular complexity index is 1140. The van der Waals surface area contributed by atoms with E-state index in [1.807, 2.05) is 49.4 Å². The van der Waals surface area contributed by atoms with Crippen LogP contribution in [-0.2, 0) is 15.3 Å². The van der Waals surface area contributed by atoms with E-state index in [2.05, 4.69) is 0 Å². The van der Waals surface area contributed by atoms with Gasteiger partial charge in [-0.25, -0.2) is 4.90 Å². The molecule has 0 atom stereocenters. The lowest BCUT2D eigenvalue weighted by Gasteiger charge is -2.16. The van der Waals surface area contributed by atoms with Gasteiger partial charge in [-0.05, 0) is 42.3 Å². The van der Waals surface area contributed by atoms with Gasteiger partial charge in [0.2, 0.25) is 0 Å². The van der Waals surface area contributed by atoms with Gasteiger partial charge >= 0.3 is 0 Å². The molecule has 1 heterocycles. The van der Waals surface area contributed by atoms with Crippen LogP contribution in [0.25, 0.3) is 5.57 Å². The normalized spacial score (nSPS) is 13.8. The zero-order valence-electron chi connectivity index (χ0n) is 16.9. The van der Waals surface area contributed by atoms with Crippen molar-refractivity contribution >= 4 is 46.4 Å². The van der Waals surface area contributed by atoms with Crippen LogP contribution in [0.15, 0.2) is 83.8 Å². The summed E-state index contributed by atoms with van der Waals surface area (Å²) in [5.74, 6) is 0.553. The number of rotatable bonds is 7. The van der Waals surface area contributed by atoms with Crippen molar-refractivity contribution < 1.29 is 14.3 Å². The fourth-order valence-electron chi connectivity index (χ4n) is 3.36. The number of hydrogen-bond acceptors (Lipinski definition) is 4. The summed E-state index contributed by atoms with van der Waals surface area (Å²) in [6, 6.07) is 24.0. The minimum absolute atomic E-state index is 0.351. The summed E-state index contributed by atoms with van der Waals surface area (Å²) in [5.41, 5.74) is 2.52. The summed E-state index contributed by atoms with van der Waals surface area (Å²) >= 11 is 7.68. The Kier molecular flexibility index (Phi) is 6.44. The van der Waals surface area contributed by atoms with Crippen molar-refractivity contribution in [2.45, 2.75) is 12.7 Å². The maximum Gasteiger partial charge on any atom is 0.272 e. The Morgan fingerprint density at radius 3 is 2.23 bits per heavy atom. The number of halogens is 1. The largest absolute Gasteiger partial charge is 0.494 e. The van der Waals surface area contributed by atoms with Gasteiger partial charge in [-0.1, -0.05) is 66.2 Å². The molecule has 4 rings (SSSR count). The molecule has 0 bridgehead atoms. The number of nitrogens with zero attached hydrogens (tertiary/aromatic N) is 1. The smallest absolute Gasteiger partial charge is 0.272 e. The molecule has 0 aliphatic carbocycles. The minimum Gasteiger partial charge on any atom is -0.494 e. The molecule has 3 aromatic rings. The van der Waals surface area contributed by atoms with Gasteiger partial charge in [0.05, 0.1) is 27.8 Å². The van der Waals surface area contributed by atoms with E-state index < -0.39 is 0 Å². The molecule has 0 spiro atoms. The zero-order valence-corrected chi connectivity index (χ0v) is 18.5. The van der Waals surface area contributed by atoms with Crippen LogP contribution in [0, 0.1) is 0 Å². The maximum atomic E-state index is 13.4. The van der Waals surface area contributed by atoms with E-state index in [0.717, 1.165) is 5.56 Å². The van der Waals surface area contributed by atoms with E-state index in [1.165, 1.54) is 16.7 Å². The van der Waals surface area contributed by atoms with Crippen molar-refractivity contribution in [1.29, 1.82) is 0 Å². The second-order valence-corrected chi connectivity index (χ2v) is 8.23. The van der Waals surface area contributed by atoms with Crippen molar-refractivity contribution in [1.82, 2.24) is 0 Å². The second kappa shape index (κ2) is 9.41. The van der Waals surface area contributed by atoms with Gasteiger partial charge in [0.25, 0.3) is 11.8 Å². The number of ether oxygens (including phenoxy) is 1. The van der Waals surface area contributed by atoms with Crippen LogP contribution in [0.2, 0.25) is 5.02 Å². The van der Waals surface area contributed by atoms with Gasteiger partial charge in [-0.15, -0.1) is 11.8 Å². The highest BCUT2D eigenvalue weighted by molar-refractivity contribution is 8.03. The highest BCUT2D eigenvalue weighted by Crippen LogP contribution is 2.41. The van der Waals surface area contributed by atoms with Crippen LogP contribution in [0.5, 0.6) is 5.75 Å². The maximum absolute atomic E-state index is 13.4. The molecule has 0 fully saturated rings. The highest BCUT2D eigenvalue weighted by atomic mass is 35.5. The third-order valence-corrected chi connectivity index (χ3v) is 6.28. The summed E-state index contributed by atoms with van der Waals surface area (Å²) in [6.07, 6.45) is 0. The minimum atomic E-state index is -0.377. The van der Waals surface area contributed by atoms with E-state index in [9.17, 15) is 9.59 Å². The molecule has 0 N–H and O–H groups in total. The number of imide groups is 1.